The van der Waals surface area contributed by atoms with E-state index in [1.807, 2.05) is 13.8 Å². The van der Waals surface area contributed by atoms with E-state index in [0.29, 0.717) is 12.8 Å². The maximum absolute atomic E-state index is 11.7. The topological polar surface area (TPSA) is 95.5 Å². The number of rotatable bonds is 5. The van der Waals surface area contributed by atoms with Gasteiger partial charge < -0.3 is 15.7 Å². The van der Waals surface area contributed by atoms with Crippen molar-refractivity contribution in [1.29, 1.82) is 0 Å². The summed E-state index contributed by atoms with van der Waals surface area (Å²) in [5, 5.41) is 14.0. The first-order valence-electron chi connectivity index (χ1n) is 5.69. The zero-order valence-electron chi connectivity index (χ0n) is 10.1. The molecule has 1 saturated carbocycles. The second kappa shape index (κ2) is 5.16. The van der Waals surface area contributed by atoms with Crippen molar-refractivity contribution in [1.82, 2.24) is 10.6 Å². The molecule has 1 rings (SSSR count). The highest BCUT2D eigenvalue weighted by Crippen LogP contribution is 2.41. The number of carbonyl (C=O) groups excluding carboxylic acids is 2. The van der Waals surface area contributed by atoms with Gasteiger partial charge in [0.1, 0.15) is 5.41 Å². The summed E-state index contributed by atoms with van der Waals surface area (Å²) in [4.78, 5) is 34.0. The lowest BCUT2D eigenvalue weighted by Gasteiger charge is -2.35. The highest BCUT2D eigenvalue weighted by molar-refractivity contribution is 6.03. The summed E-state index contributed by atoms with van der Waals surface area (Å²) in [5.41, 5.74) is -1.31. The van der Waals surface area contributed by atoms with Gasteiger partial charge in [-0.2, -0.15) is 0 Å². The van der Waals surface area contributed by atoms with Crippen molar-refractivity contribution in [3.05, 3.63) is 0 Å². The monoisotopic (exact) mass is 242 g/mol. The van der Waals surface area contributed by atoms with Gasteiger partial charge in [0.05, 0.1) is 6.54 Å². The van der Waals surface area contributed by atoms with Crippen LogP contribution in [-0.2, 0) is 14.4 Å². The van der Waals surface area contributed by atoms with Gasteiger partial charge in [-0.15, -0.1) is 0 Å². The van der Waals surface area contributed by atoms with Gasteiger partial charge in [-0.05, 0) is 26.7 Å². The van der Waals surface area contributed by atoms with E-state index in [4.69, 9.17) is 5.11 Å². The normalized spacial score (nSPS) is 17.1. The molecular formula is C11H18N2O4. The third-order valence-corrected chi connectivity index (χ3v) is 2.91. The van der Waals surface area contributed by atoms with Crippen molar-refractivity contribution in [2.45, 2.75) is 39.2 Å². The molecule has 0 aliphatic heterocycles. The molecule has 0 unspecified atom stereocenters. The van der Waals surface area contributed by atoms with Gasteiger partial charge in [0.2, 0.25) is 11.8 Å². The van der Waals surface area contributed by atoms with Gasteiger partial charge in [-0.1, -0.05) is 6.42 Å². The molecule has 0 bridgehead atoms. The lowest BCUT2D eigenvalue weighted by Crippen LogP contribution is -2.53. The van der Waals surface area contributed by atoms with Gasteiger partial charge in [-0.25, -0.2) is 0 Å². The fraction of sp³-hybridized carbons (Fsp3) is 0.727. The van der Waals surface area contributed by atoms with Crippen molar-refractivity contribution >= 4 is 17.8 Å². The molecule has 0 spiro atoms. The maximum Gasteiger partial charge on any atom is 0.319 e. The van der Waals surface area contributed by atoms with Gasteiger partial charge >= 0.3 is 5.97 Å². The van der Waals surface area contributed by atoms with Crippen molar-refractivity contribution in [3.63, 3.8) is 0 Å². The molecule has 96 valence electrons. The molecule has 0 radical (unpaired) electrons. The van der Waals surface area contributed by atoms with E-state index in [-0.39, 0.29) is 18.5 Å². The number of amides is 2. The van der Waals surface area contributed by atoms with Crippen LogP contribution in [0, 0.1) is 5.41 Å². The summed E-state index contributed by atoms with van der Waals surface area (Å²) >= 11 is 0. The fourth-order valence-corrected chi connectivity index (χ4v) is 1.77. The van der Waals surface area contributed by atoms with Crippen LogP contribution in [0.5, 0.6) is 0 Å². The van der Waals surface area contributed by atoms with Crippen LogP contribution in [0.25, 0.3) is 0 Å². The third kappa shape index (κ3) is 2.95. The average Bonchev–Trinajstić information content (AvgIpc) is 2.10. The second-order valence-electron chi connectivity index (χ2n) is 4.65. The molecule has 0 aromatic carbocycles. The van der Waals surface area contributed by atoms with Crippen LogP contribution in [0.2, 0.25) is 0 Å². The zero-order valence-corrected chi connectivity index (χ0v) is 10.1. The molecule has 0 saturated heterocycles. The standard InChI is InChI=1S/C11H18N2O4/c1-7(2)13-8(14)6-12-9(15)11(10(16)17)4-3-5-11/h7H,3-6H2,1-2H3,(H,12,15)(H,13,14)(H,16,17). The Morgan fingerprint density at radius 1 is 1.29 bits per heavy atom. The Bertz CT molecular complexity index is 334. The number of hydrogen-bond acceptors (Lipinski definition) is 3. The van der Waals surface area contributed by atoms with Gasteiger partial charge in [0.15, 0.2) is 0 Å². The average molecular weight is 242 g/mol. The summed E-state index contributed by atoms with van der Waals surface area (Å²) in [6, 6.07) is -0.00320. The van der Waals surface area contributed by atoms with Crippen LogP contribution < -0.4 is 10.6 Å². The molecule has 0 heterocycles. The lowest BCUT2D eigenvalue weighted by atomic mass is 9.68. The molecule has 1 aliphatic carbocycles. The number of carboxylic acid groups (broad SMARTS) is 1. The van der Waals surface area contributed by atoms with E-state index in [1.165, 1.54) is 0 Å². The van der Waals surface area contributed by atoms with Crippen LogP contribution in [0.1, 0.15) is 33.1 Å². The summed E-state index contributed by atoms with van der Waals surface area (Å²) in [7, 11) is 0. The Morgan fingerprint density at radius 2 is 1.88 bits per heavy atom. The second-order valence-corrected chi connectivity index (χ2v) is 4.65. The van der Waals surface area contributed by atoms with Crippen molar-refractivity contribution < 1.29 is 19.5 Å². The van der Waals surface area contributed by atoms with E-state index < -0.39 is 17.3 Å². The van der Waals surface area contributed by atoms with E-state index in [1.54, 1.807) is 0 Å². The molecule has 0 aromatic heterocycles. The number of aliphatic carboxylic acids is 1. The fourth-order valence-electron chi connectivity index (χ4n) is 1.77. The molecule has 6 nitrogen and oxygen atoms in total. The predicted molar refractivity (Wildman–Crippen MR) is 60.2 cm³/mol. The Hall–Kier alpha value is -1.59. The SMILES string of the molecule is CC(C)NC(=O)CNC(=O)C1(C(=O)O)CCC1. The molecule has 3 N–H and O–H groups in total. The minimum Gasteiger partial charge on any atom is -0.480 e. The summed E-state index contributed by atoms with van der Waals surface area (Å²) in [5.74, 6) is -1.98. The molecule has 6 heteroatoms. The lowest BCUT2D eigenvalue weighted by molar-refractivity contribution is -0.162. The van der Waals surface area contributed by atoms with Crippen LogP contribution >= 0.6 is 0 Å². The van der Waals surface area contributed by atoms with Crippen molar-refractivity contribution in [2.75, 3.05) is 6.54 Å². The molecule has 0 aromatic rings. The number of carbonyl (C=O) groups is 3. The van der Waals surface area contributed by atoms with E-state index in [9.17, 15) is 14.4 Å². The number of nitrogens with one attached hydrogen (secondary N) is 2. The molecule has 17 heavy (non-hydrogen) atoms. The van der Waals surface area contributed by atoms with E-state index >= 15 is 0 Å². The van der Waals surface area contributed by atoms with Crippen LogP contribution in [0.15, 0.2) is 0 Å². The highest BCUT2D eigenvalue weighted by Gasteiger charge is 2.51. The minimum atomic E-state index is -1.31. The van der Waals surface area contributed by atoms with Crippen molar-refractivity contribution in [3.8, 4) is 0 Å². The number of carboxylic acids is 1. The Balaban J connectivity index is 2.44. The Kier molecular flexibility index (Phi) is 4.09. The van der Waals surface area contributed by atoms with E-state index in [0.717, 1.165) is 6.42 Å². The van der Waals surface area contributed by atoms with Crippen molar-refractivity contribution in [2.24, 2.45) is 5.41 Å². The van der Waals surface area contributed by atoms with Crippen LogP contribution in [-0.4, -0.2) is 35.5 Å². The van der Waals surface area contributed by atoms with Gasteiger partial charge in [-0.3, -0.25) is 14.4 Å². The summed E-state index contributed by atoms with van der Waals surface area (Å²) < 4.78 is 0. The minimum absolute atomic E-state index is 0.00320. The molecular weight excluding hydrogens is 224 g/mol. The summed E-state index contributed by atoms with van der Waals surface area (Å²) in [6.07, 6.45) is 1.43. The zero-order chi connectivity index (χ0) is 13.1. The summed E-state index contributed by atoms with van der Waals surface area (Å²) in [6.45, 7) is 3.45. The molecule has 1 aliphatic rings. The van der Waals surface area contributed by atoms with Crippen LogP contribution in [0.3, 0.4) is 0 Å². The van der Waals surface area contributed by atoms with Crippen LogP contribution in [0.4, 0.5) is 0 Å². The Labute approximate surface area is 99.8 Å². The third-order valence-electron chi connectivity index (χ3n) is 2.91. The molecule has 2 amide bonds. The largest absolute Gasteiger partial charge is 0.480 e. The van der Waals surface area contributed by atoms with Gasteiger partial charge in [0.25, 0.3) is 0 Å². The molecule has 1 fully saturated rings. The van der Waals surface area contributed by atoms with Gasteiger partial charge in [0, 0.05) is 6.04 Å². The first-order valence-corrected chi connectivity index (χ1v) is 5.69. The smallest absolute Gasteiger partial charge is 0.319 e. The predicted octanol–water partition coefficient (Wildman–Crippen LogP) is -0.118. The first kappa shape index (κ1) is 13.5. The maximum atomic E-state index is 11.7. The molecule has 0 atom stereocenters. The first-order chi connectivity index (χ1) is 7.88. The van der Waals surface area contributed by atoms with E-state index in [2.05, 4.69) is 10.6 Å². The number of hydrogen-bond donors (Lipinski definition) is 3. The highest BCUT2D eigenvalue weighted by atomic mass is 16.4. The Morgan fingerprint density at radius 3 is 2.24 bits per heavy atom. The quantitative estimate of drug-likeness (QED) is 0.586.